The summed E-state index contributed by atoms with van der Waals surface area (Å²) in [4.78, 5) is 18.6. The first kappa shape index (κ1) is 25.0. The average Bonchev–Trinajstić information content (AvgIpc) is 3.25. The van der Waals surface area contributed by atoms with Crippen LogP contribution in [-0.2, 0) is 4.79 Å². The van der Waals surface area contributed by atoms with Gasteiger partial charge in [-0.2, -0.15) is 0 Å². The molecule has 1 amide bonds. The molecule has 1 heterocycles. The maximum absolute atomic E-state index is 13.0. The molecule has 0 fully saturated rings. The Morgan fingerprint density at radius 3 is 2.54 bits per heavy atom. The van der Waals surface area contributed by atoms with Crippen molar-refractivity contribution >= 4 is 73.1 Å². The summed E-state index contributed by atoms with van der Waals surface area (Å²) in [5, 5.41) is 10.2. The van der Waals surface area contributed by atoms with Gasteiger partial charge in [0.2, 0.25) is 5.91 Å². The van der Waals surface area contributed by atoms with E-state index in [4.69, 9.17) is 17.0 Å². The summed E-state index contributed by atoms with van der Waals surface area (Å²) in [5.74, 6) is 0.733. The van der Waals surface area contributed by atoms with Crippen molar-refractivity contribution in [3.05, 3.63) is 72.8 Å². The lowest BCUT2D eigenvalue weighted by Gasteiger charge is -2.15. The van der Waals surface area contributed by atoms with Gasteiger partial charge in [-0.1, -0.05) is 42.5 Å². The van der Waals surface area contributed by atoms with E-state index >= 15 is 0 Å². The summed E-state index contributed by atoms with van der Waals surface area (Å²) >= 11 is 8.39. The minimum atomic E-state index is -0.259. The molecule has 4 rings (SSSR count). The highest BCUT2D eigenvalue weighted by Gasteiger charge is 2.20. The van der Waals surface area contributed by atoms with Gasteiger partial charge < -0.3 is 20.7 Å². The quantitative estimate of drug-likeness (QED) is 0.161. The van der Waals surface area contributed by atoms with Crippen LogP contribution >= 0.6 is 35.3 Å². The van der Waals surface area contributed by atoms with Gasteiger partial charge in [0.05, 0.1) is 22.1 Å². The summed E-state index contributed by atoms with van der Waals surface area (Å²) in [7, 11) is 0. The van der Waals surface area contributed by atoms with Crippen molar-refractivity contribution in [3.8, 4) is 5.75 Å². The molecule has 0 saturated heterocycles. The van der Waals surface area contributed by atoms with Gasteiger partial charge in [-0.3, -0.25) is 4.79 Å². The molecule has 6 nitrogen and oxygen atoms in total. The number of carbonyl (C=O) groups excluding carboxylic acids is 1. The van der Waals surface area contributed by atoms with E-state index in [2.05, 4.69) is 20.9 Å². The third-order valence-electron chi connectivity index (χ3n) is 4.97. The maximum atomic E-state index is 13.0. The molecule has 1 aromatic heterocycles. The lowest BCUT2D eigenvalue weighted by molar-refractivity contribution is -0.115. The van der Waals surface area contributed by atoms with E-state index < -0.39 is 0 Å². The van der Waals surface area contributed by atoms with E-state index in [-0.39, 0.29) is 11.2 Å². The Hall–Kier alpha value is -3.14. The fourth-order valence-corrected chi connectivity index (χ4v) is 5.50. The zero-order valence-corrected chi connectivity index (χ0v) is 21.9. The number of thiazole rings is 1. The normalized spacial score (nSPS) is 11.6. The highest BCUT2D eigenvalue weighted by molar-refractivity contribution is 8.00. The van der Waals surface area contributed by atoms with Crippen molar-refractivity contribution in [2.75, 3.05) is 22.6 Å². The van der Waals surface area contributed by atoms with E-state index in [1.807, 2.05) is 86.6 Å². The van der Waals surface area contributed by atoms with Crippen LogP contribution < -0.4 is 20.7 Å². The van der Waals surface area contributed by atoms with Gasteiger partial charge in [0.25, 0.3) is 0 Å². The van der Waals surface area contributed by atoms with Gasteiger partial charge in [0.1, 0.15) is 5.75 Å². The van der Waals surface area contributed by atoms with Crippen LogP contribution in [0.15, 0.2) is 77.7 Å². The van der Waals surface area contributed by atoms with Crippen molar-refractivity contribution in [2.24, 2.45) is 0 Å². The first-order chi connectivity index (χ1) is 17.0. The molecule has 0 spiro atoms. The molecule has 4 aromatic rings. The number of hydrogen-bond acceptors (Lipinski definition) is 6. The first-order valence-electron chi connectivity index (χ1n) is 11.3. The molecule has 180 valence electrons. The number of hydrogen-bond donors (Lipinski definition) is 3. The molecule has 0 aliphatic rings. The van der Waals surface area contributed by atoms with Crippen LogP contribution in [-0.4, -0.2) is 27.9 Å². The standard InChI is InChI=1S/C26H26N4O2S3/c1-3-22(24(31)30-26-29-21-14-13-19(32-4-2)16-23(21)35-26)34-20-12-8-11-18(15-20)28-25(33)27-17-9-6-5-7-10-17/h5-16,22H,3-4H2,1-2H3,(H2,27,28,33)(H,29,30,31). The molecule has 9 heteroatoms. The monoisotopic (exact) mass is 522 g/mol. The van der Waals surface area contributed by atoms with Gasteiger partial charge in [-0.15, -0.1) is 11.8 Å². The van der Waals surface area contributed by atoms with Crippen LogP contribution in [0.3, 0.4) is 0 Å². The number of aromatic nitrogens is 1. The van der Waals surface area contributed by atoms with Crippen LogP contribution in [0.1, 0.15) is 20.3 Å². The Morgan fingerprint density at radius 2 is 1.77 bits per heavy atom. The van der Waals surface area contributed by atoms with E-state index in [0.717, 1.165) is 32.2 Å². The number of fused-ring (bicyclic) bond motifs is 1. The van der Waals surface area contributed by atoms with Gasteiger partial charge in [0, 0.05) is 16.3 Å². The molecular weight excluding hydrogens is 497 g/mol. The largest absolute Gasteiger partial charge is 0.494 e. The summed E-state index contributed by atoms with van der Waals surface area (Å²) in [6.07, 6.45) is 0.682. The third-order valence-corrected chi connectivity index (χ3v) is 7.46. The lowest BCUT2D eigenvalue weighted by atomic mass is 10.3. The number of nitrogens with one attached hydrogen (secondary N) is 3. The molecule has 3 N–H and O–H groups in total. The second kappa shape index (κ2) is 12.0. The fraction of sp³-hybridized carbons (Fsp3) is 0.192. The number of amides is 1. The number of rotatable bonds is 9. The van der Waals surface area contributed by atoms with Crippen LogP contribution in [0.2, 0.25) is 0 Å². The van der Waals surface area contributed by atoms with Crippen LogP contribution in [0.5, 0.6) is 5.75 Å². The number of anilines is 3. The number of carbonyl (C=O) groups is 1. The summed E-state index contributed by atoms with van der Waals surface area (Å²) < 4.78 is 6.54. The van der Waals surface area contributed by atoms with Gasteiger partial charge in [0.15, 0.2) is 10.2 Å². The number of ether oxygens (including phenoxy) is 1. The van der Waals surface area contributed by atoms with Gasteiger partial charge >= 0.3 is 0 Å². The molecular formula is C26H26N4O2S3. The predicted octanol–water partition coefficient (Wildman–Crippen LogP) is 7.01. The molecule has 3 aromatic carbocycles. The number of thiocarbonyl (C=S) groups is 1. The summed E-state index contributed by atoms with van der Waals surface area (Å²) in [6, 6.07) is 23.4. The minimum absolute atomic E-state index is 0.0683. The van der Waals surface area contributed by atoms with E-state index in [0.29, 0.717) is 23.3 Å². The van der Waals surface area contributed by atoms with Crippen molar-refractivity contribution < 1.29 is 9.53 Å². The molecule has 1 atom stereocenters. The van der Waals surface area contributed by atoms with Crippen LogP contribution in [0, 0.1) is 0 Å². The van der Waals surface area contributed by atoms with Gasteiger partial charge in [-0.25, -0.2) is 4.98 Å². The topological polar surface area (TPSA) is 75.3 Å². The zero-order chi connectivity index (χ0) is 24.6. The summed E-state index contributed by atoms with van der Waals surface area (Å²) in [6.45, 7) is 4.56. The number of nitrogens with zero attached hydrogens (tertiary/aromatic N) is 1. The number of para-hydroxylation sites is 1. The molecule has 0 saturated carbocycles. The second-order valence-electron chi connectivity index (χ2n) is 7.56. The number of thioether (sulfide) groups is 1. The first-order valence-corrected chi connectivity index (χ1v) is 13.4. The van der Waals surface area contributed by atoms with E-state index in [1.54, 1.807) is 0 Å². The second-order valence-corrected chi connectivity index (χ2v) is 10.3. The Bertz CT molecular complexity index is 1310. The predicted molar refractivity (Wildman–Crippen MR) is 152 cm³/mol. The fourth-order valence-electron chi connectivity index (χ4n) is 3.35. The third kappa shape index (κ3) is 6.94. The molecule has 0 aliphatic heterocycles. The molecule has 0 aliphatic carbocycles. The van der Waals surface area contributed by atoms with E-state index in [1.165, 1.54) is 23.1 Å². The van der Waals surface area contributed by atoms with Crippen molar-refractivity contribution in [1.82, 2.24) is 4.98 Å². The summed E-state index contributed by atoms with van der Waals surface area (Å²) in [5.41, 5.74) is 2.62. The molecule has 0 bridgehead atoms. The van der Waals surface area contributed by atoms with Gasteiger partial charge in [-0.05, 0) is 74.1 Å². The van der Waals surface area contributed by atoms with E-state index in [9.17, 15) is 4.79 Å². The van der Waals surface area contributed by atoms with Crippen LogP contribution in [0.4, 0.5) is 16.5 Å². The molecule has 0 radical (unpaired) electrons. The van der Waals surface area contributed by atoms with Crippen molar-refractivity contribution in [3.63, 3.8) is 0 Å². The Kier molecular flexibility index (Phi) is 8.57. The Labute approximate surface area is 218 Å². The zero-order valence-electron chi connectivity index (χ0n) is 19.4. The smallest absolute Gasteiger partial charge is 0.239 e. The average molecular weight is 523 g/mol. The lowest BCUT2D eigenvalue weighted by Crippen LogP contribution is -2.24. The molecule has 1 unspecified atom stereocenters. The van der Waals surface area contributed by atoms with Crippen molar-refractivity contribution in [1.29, 1.82) is 0 Å². The Morgan fingerprint density at radius 1 is 1.00 bits per heavy atom. The molecule has 35 heavy (non-hydrogen) atoms. The van der Waals surface area contributed by atoms with Crippen molar-refractivity contribution in [2.45, 2.75) is 30.4 Å². The highest BCUT2D eigenvalue weighted by Crippen LogP contribution is 2.32. The minimum Gasteiger partial charge on any atom is -0.494 e. The highest BCUT2D eigenvalue weighted by atomic mass is 32.2. The van der Waals surface area contributed by atoms with Crippen LogP contribution in [0.25, 0.3) is 10.2 Å². The number of benzene rings is 3. The maximum Gasteiger partial charge on any atom is 0.239 e. The SMILES string of the molecule is CCOc1ccc2nc(NC(=O)C(CC)Sc3cccc(NC(=S)Nc4ccccc4)c3)sc2c1. The Balaban J connectivity index is 1.38.